The van der Waals surface area contributed by atoms with Crippen LogP contribution in [0.1, 0.15) is 33.6 Å². The number of hydrogen-bond acceptors (Lipinski definition) is 3. The first-order chi connectivity index (χ1) is 7.33. The third-order valence-corrected chi connectivity index (χ3v) is 5.69. The molecule has 2 bridgehead atoms. The Kier molecular flexibility index (Phi) is 2.69. The molecule has 3 unspecified atom stereocenters. The average molecular weight is 289 g/mol. The van der Waals surface area contributed by atoms with Gasteiger partial charge < -0.3 is 4.74 Å². The van der Waals surface area contributed by atoms with E-state index in [1.165, 1.54) is 6.92 Å². The summed E-state index contributed by atoms with van der Waals surface area (Å²) in [6.45, 7) is 5.87. The van der Waals surface area contributed by atoms with Crippen LogP contribution in [0.2, 0.25) is 0 Å². The summed E-state index contributed by atoms with van der Waals surface area (Å²) in [4.78, 5) is 23.1. The molecule has 2 aliphatic carbocycles. The number of carbonyl (C=O) groups is 2. The summed E-state index contributed by atoms with van der Waals surface area (Å²) in [5.74, 6) is 0.282. The van der Waals surface area contributed by atoms with Crippen molar-refractivity contribution in [2.45, 2.75) is 38.4 Å². The van der Waals surface area contributed by atoms with Crippen LogP contribution >= 0.6 is 15.9 Å². The van der Waals surface area contributed by atoms with Crippen LogP contribution in [0.4, 0.5) is 0 Å². The molecule has 4 heteroatoms. The van der Waals surface area contributed by atoms with Crippen LogP contribution in [0.15, 0.2) is 0 Å². The van der Waals surface area contributed by atoms with Gasteiger partial charge in [-0.15, -0.1) is 0 Å². The number of ether oxygens (including phenoxy) is 1. The second-order valence-electron chi connectivity index (χ2n) is 5.50. The predicted octanol–water partition coefficient (Wildman–Crippen LogP) is 2.32. The first-order valence-corrected chi connectivity index (χ1v) is 6.56. The van der Waals surface area contributed by atoms with Crippen molar-refractivity contribution in [3.63, 3.8) is 0 Å². The van der Waals surface area contributed by atoms with Crippen molar-refractivity contribution in [2.75, 3.05) is 6.61 Å². The number of ketones is 1. The molecule has 0 aromatic carbocycles. The third kappa shape index (κ3) is 1.31. The van der Waals surface area contributed by atoms with Crippen LogP contribution in [0.5, 0.6) is 0 Å². The lowest BCUT2D eigenvalue weighted by molar-refractivity contribution is -0.150. The molecule has 0 radical (unpaired) electrons. The highest BCUT2D eigenvalue weighted by Crippen LogP contribution is 2.65. The number of Topliss-reactive ketones (excluding diaryl/α,β-unsaturated/α-hetero) is 1. The van der Waals surface area contributed by atoms with E-state index >= 15 is 0 Å². The maximum atomic E-state index is 12.3. The largest absolute Gasteiger partial charge is 0.465 e. The molecule has 2 fully saturated rings. The van der Waals surface area contributed by atoms with E-state index in [0.29, 0.717) is 5.92 Å². The van der Waals surface area contributed by atoms with Crippen molar-refractivity contribution in [3.8, 4) is 0 Å². The van der Waals surface area contributed by atoms with E-state index in [0.717, 1.165) is 12.8 Å². The number of esters is 1. The van der Waals surface area contributed by atoms with Crippen LogP contribution in [-0.4, -0.2) is 23.2 Å². The Morgan fingerprint density at radius 2 is 2.19 bits per heavy atom. The molecule has 3 nitrogen and oxygen atoms in total. The molecule has 0 spiro atoms. The molecular weight excluding hydrogens is 272 g/mol. The molecule has 0 aromatic heterocycles. The third-order valence-electron chi connectivity index (χ3n) is 4.64. The van der Waals surface area contributed by atoms with Gasteiger partial charge in [-0.05, 0) is 24.2 Å². The summed E-state index contributed by atoms with van der Waals surface area (Å²) in [5, 5.41) is 0. The summed E-state index contributed by atoms with van der Waals surface area (Å²) >= 11 is 3.49. The number of halogens is 1. The lowest BCUT2D eigenvalue weighted by Gasteiger charge is -2.35. The summed E-state index contributed by atoms with van der Waals surface area (Å²) in [7, 11) is 0. The molecule has 16 heavy (non-hydrogen) atoms. The van der Waals surface area contributed by atoms with Crippen molar-refractivity contribution >= 4 is 27.7 Å². The van der Waals surface area contributed by atoms with E-state index in [1.54, 1.807) is 0 Å². The van der Waals surface area contributed by atoms with Gasteiger partial charge in [-0.25, -0.2) is 0 Å². The SMILES string of the molecule is CC(=O)OCC12CCC(C(Br)C1=O)C2(C)C. The van der Waals surface area contributed by atoms with Gasteiger partial charge in [0.15, 0.2) is 5.78 Å². The second-order valence-corrected chi connectivity index (χ2v) is 6.48. The Labute approximate surface area is 104 Å². The number of hydrogen-bond donors (Lipinski definition) is 0. The van der Waals surface area contributed by atoms with Gasteiger partial charge in [0.25, 0.3) is 0 Å². The molecule has 2 rings (SSSR count). The van der Waals surface area contributed by atoms with Crippen molar-refractivity contribution < 1.29 is 14.3 Å². The first kappa shape index (κ1) is 12.1. The highest BCUT2D eigenvalue weighted by molar-refractivity contribution is 9.10. The molecule has 0 aromatic rings. The molecule has 0 heterocycles. The fourth-order valence-electron chi connectivity index (χ4n) is 3.39. The van der Waals surface area contributed by atoms with Gasteiger partial charge >= 0.3 is 5.97 Å². The zero-order chi connectivity index (χ0) is 12.1. The Morgan fingerprint density at radius 1 is 1.56 bits per heavy atom. The van der Waals surface area contributed by atoms with E-state index in [9.17, 15) is 9.59 Å². The molecule has 0 N–H and O–H groups in total. The maximum absolute atomic E-state index is 12.3. The zero-order valence-electron chi connectivity index (χ0n) is 9.88. The van der Waals surface area contributed by atoms with E-state index in [2.05, 4.69) is 29.8 Å². The highest BCUT2D eigenvalue weighted by Gasteiger charge is 2.68. The van der Waals surface area contributed by atoms with Gasteiger partial charge in [-0.2, -0.15) is 0 Å². The van der Waals surface area contributed by atoms with Crippen LogP contribution in [0.3, 0.4) is 0 Å². The number of alkyl halides is 1. The number of fused-ring (bicyclic) bond motifs is 2. The minimum atomic E-state index is -0.461. The van der Waals surface area contributed by atoms with Crippen molar-refractivity contribution in [3.05, 3.63) is 0 Å². The molecule has 3 atom stereocenters. The lowest BCUT2D eigenvalue weighted by Crippen LogP contribution is -2.41. The minimum absolute atomic E-state index is 0.0631. The molecule has 0 aliphatic heterocycles. The van der Waals surface area contributed by atoms with Crippen molar-refractivity contribution in [1.82, 2.24) is 0 Å². The molecular formula is C12H17BrO3. The van der Waals surface area contributed by atoms with E-state index in [4.69, 9.17) is 4.74 Å². The summed E-state index contributed by atoms with van der Waals surface area (Å²) < 4.78 is 5.12. The number of rotatable bonds is 2. The molecule has 2 aliphatic rings. The monoisotopic (exact) mass is 288 g/mol. The van der Waals surface area contributed by atoms with Gasteiger partial charge in [-0.3, -0.25) is 9.59 Å². The Bertz CT molecular complexity index is 350. The van der Waals surface area contributed by atoms with Crippen LogP contribution < -0.4 is 0 Å². The Morgan fingerprint density at radius 3 is 2.62 bits per heavy atom. The van der Waals surface area contributed by atoms with Gasteiger partial charge in [-0.1, -0.05) is 29.8 Å². The van der Waals surface area contributed by atoms with Crippen LogP contribution in [0, 0.1) is 16.7 Å². The van der Waals surface area contributed by atoms with Crippen LogP contribution in [-0.2, 0) is 14.3 Å². The Hall–Kier alpha value is -0.380. The minimum Gasteiger partial charge on any atom is -0.465 e. The van der Waals surface area contributed by atoms with Gasteiger partial charge in [0.05, 0.1) is 10.2 Å². The molecule has 2 saturated carbocycles. The molecule has 0 amide bonds. The maximum Gasteiger partial charge on any atom is 0.302 e. The molecule has 0 saturated heterocycles. The molecule has 90 valence electrons. The zero-order valence-corrected chi connectivity index (χ0v) is 11.5. The van der Waals surface area contributed by atoms with Crippen molar-refractivity contribution in [1.29, 1.82) is 0 Å². The fourth-order valence-corrected chi connectivity index (χ4v) is 4.76. The van der Waals surface area contributed by atoms with E-state index < -0.39 is 5.41 Å². The Balaban J connectivity index is 2.30. The summed E-state index contributed by atoms with van der Waals surface area (Å²) in [5.41, 5.74) is -0.537. The predicted molar refractivity (Wildman–Crippen MR) is 63.3 cm³/mol. The summed E-state index contributed by atoms with van der Waals surface area (Å²) in [6, 6.07) is 0. The van der Waals surface area contributed by atoms with Gasteiger partial charge in [0.1, 0.15) is 6.61 Å². The lowest BCUT2D eigenvalue weighted by atomic mass is 9.69. The summed E-state index contributed by atoms with van der Waals surface area (Å²) in [6.07, 6.45) is 1.88. The van der Waals surface area contributed by atoms with Crippen molar-refractivity contribution in [2.24, 2.45) is 16.7 Å². The topological polar surface area (TPSA) is 43.4 Å². The second kappa shape index (κ2) is 3.56. The van der Waals surface area contributed by atoms with Crippen LogP contribution in [0.25, 0.3) is 0 Å². The number of carbonyl (C=O) groups excluding carboxylic acids is 2. The van der Waals surface area contributed by atoms with Gasteiger partial charge in [0, 0.05) is 6.92 Å². The highest BCUT2D eigenvalue weighted by atomic mass is 79.9. The quantitative estimate of drug-likeness (QED) is 0.579. The standard InChI is InChI=1S/C12H17BrO3/c1-7(14)16-6-12-5-4-8(11(12,2)3)9(13)10(12)15/h8-9H,4-6H2,1-3H3. The van der Waals surface area contributed by atoms with E-state index in [1.807, 2.05) is 0 Å². The first-order valence-electron chi connectivity index (χ1n) is 5.65. The smallest absolute Gasteiger partial charge is 0.302 e. The fraction of sp³-hybridized carbons (Fsp3) is 0.833. The van der Waals surface area contributed by atoms with Gasteiger partial charge in [0.2, 0.25) is 0 Å². The van der Waals surface area contributed by atoms with E-state index in [-0.39, 0.29) is 28.6 Å². The normalized spacial score (nSPS) is 40.1. The average Bonchev–Trinajstić information content (AvgIpc) is 2.51.